The number of aliphatic hydroxyl groups is 1. The van der Waals surface area contributed by atoms with Crippen molar-refractivity contribution >= 4 is 5.97 Å². The lowest BCUT2D eigenvalue weighted by Crippen LogP contribution is -2.55. The molecule has 41 heavy (non-hydrogen) atoms. The van der Waals surface area contributed by atoms with Gasteiger partial charge in [0.15, 0.2) is 35.6 Å². The fourth-order valence-corrected chi connectivity index (χ4v) is 6.70. The van der Waals surface area contributed by atoms with E-state index in [9.17, 15) is 15.0 Å². The summed E-state index contributed by atoms with van der Waals surface area (Å²) in [4.78, 5) is 13.4. The number of phenolic OH excluding ortho intramolecular Hbond substituents is 1. The maximum atomic E-state index is 13.4. The quantitative estimate of drug-likeness (QED) is 0.508. The van der Waals surface area contributed by atoms with Crippen LogP contribution in [0.5, 0.6) is 28.7 Å². The molecular weight excluding hydrogens is 540 g/mol. The third-order valence-electron chi connectivity index (χ3n) is 8.63. The molecule has 3 fully saturated rings. The SMILES string of the molecule is COc1cc([C@@H]2c3cc4c(cc3C(OC3OC5COC(C)OC5CC3O)C3COC(=O)[C@@H]32)OCO4)cc(OC)c1O. The number of aromatic hydroxyl groups is 1. The van der Waals surface area contributed by atoms with E-state index in [0.717, 1.165) is 11.1 Å². The third kappa shape index (κ3) is 4.36. The maximum Gasteiger partial charge on any atom is 0.310 e. The van der Waals surface area contributed by atoms with E-state index < -0.39 is 42.4 Å². The number of phenols is 1. The van der Waals surface area contributed by atoms with E-state index in [2.05, 4.69) is 0 Å². The summed E-state index contributed by atoms with van der Waals surface area (Å²) >= 11 is 0. The largest absolute Gasteiger partial charge is 0.502 e. The molecule has 4 aliphatic heterocycles. The van der Waals surface area contributed by atoms with Crippen LogP contribution in [0.1, 0.15) is 42.1 Å². The number of carbonyl (C=O) groups excluding carboxylic acids is 1. The molecular formula is C29H32O12. The number of hydrogen-bond acceptors (Lipinski definition) is 12. The van der Waals surface area contributed by atoms with Crippen molar-refractivity contribution < 1.29 is 57.6 Å². The first-order chi connectivity index (χ1) is 19.9. The summed E-state index contributed by atoms with van der Waals surface area (Å²) in [6.07, 6.45) is -3.39. The monoisotopic (exact) mass is 572 g/mol. The van der Waals surface area contributed by atoms with Crippen LogP contribution >= 0.6 is 0 Å². The van der Waals surface area contributed by atoms with Crippen LogP contribution in [0.3, 0.4) is 0 Å². The number of hydrogen-bond donors (Lipinski definition) is 2. The molecule has 0 amide bonds. The van der Waals surface area contributed by atoms with Crippen molar-refractivity contribution in [3.63, 3.8) is 0 Å². The van der Waals surface area contributed by atoms with Crippen LogP contribution < -0.4 is 18.9 Å². The van der Waals surface area contributed by atoms with E-state index >= 15 is 0 Å². The van der Waals surface area contributed by atoms with Gasteiger partial charge in [0.2, 0.25) is 12.5 Å². The van der Waals surface area contributed by atoms with Gasteiger partial charge in [-0.05, 0) is 47.9 Å². The second-order valence-electron chi connectivity index (χ2n) is 10.9. The molecule has 1 aliphatic carbocycles. The number of rotatable bonds is 5. The maximum absolute atomic E-state index is 13.4. The summed E-state index contributed by atoms with van der Waals surface area (Å²) in [6, 6.07) is 7.10. The normalized spacial score (nSPS) is 35.2. The summed E-state index contributed by atoms with van der Waals surface area (Å²) in [5.41, 5.74) is 2.20. The van der Waals surface area contributed by atoms with E-state index in [1.807, 2.05) is 12.1 Å². The predicted molar refractivity (Wildman–Crippen MR) is 137 cm³/mol. The molecule has 7 unspecified atom stereocenters. The zero-order valence-corrected chi connectivity index (χ0v) is 22.8. The summed E-state index contributed by atoms with van der Waals surface area (Å²) in [6.45, 7) is 2.31. The van der Waals surface area contributed by atoms with Gasteiger partial charge in [-0.15, -0.1) is 0 Å². The van der Waals surface area contributed by atoms with E-state index in [4.69, 9.17) is 42.6 Å². The molecule has 5 aliphatic rings. The molecule has 4 heterocycles. The number of fused-ring (bicyclic) bond motifs is 4. The summed E-state index contributed by atoms with van der Waals surface area (Å²) in [5.74, 6) is -0.585. The molecule has 7 rings (SSSR count). The summed E-state index contributed by atoms with van der Waals surface area (Å²) in [5, 5.41) is 21.6. The van der Waals surface area contributed by atoms with Gasteiger partial charge in [0.1, 0.15) is 12.2 Å². The number of esters is 1. The van der Waals surface area contributed by atoms with Gasteiger partial charge in [0, 0.05) is 18.3 Å². The van der Waals surface area contributed by atoms with Gasteiger partial charge in [-0.3, -0.25) is 4.79 Å². The second-order valence-corrected chi connectivity index (χ2v) is 10.9. The average Bonchev–Trinajstić information content (AvgIpc) is 3.59. The first-order valence-corrected chi connectivity index (χ1v) is 13.7. The molecule has 3 saturated heterocycles. The minimum atomic E-state index is -0.984. The molecule has 0 bridgehead atoms. The second kappa shape index (κ2) is 10.2. The molecule has 9 atom stereocenters. The molecule has 0 radical (unpaired) electrons. The highest BCUT2D eigenvalue weighted by molar-refractivity contribution is 5.79. The summed E-state index contributed by atoms with van der Waals surface area (Å²) < 4.78 is 52.0. The molecule has 220 valence electrons. The highest BCUT2D eigenvalue weighted by Crippen LogP contribution is 2.57. The number of benzene rings is 2. The van der Waals surface area contributed by atoms with Crippen molar-refractivity contribution in [3.05, 3.63) is 41.0 Å². The zero-order chi connectivity index (χ0) is 28.4. The van der Waals surface area contributed by atoms with Crippen molar-refractivity contribution in [2.45, 2.75) is 56.3 Å². The van der Waals surface area contributed by atoms with Gasteiger partial charge in [-0.2, -0.15) is 0 Å². The third-order valence-corrected chi connectivity index (χ3v) is 8.63. The Morgan fingerprint density at radius 2 is 1.61 bits per heavy atom. The van der Waals surface area contributed by atoms with Crippen LogP contribution in [0.4, 0.5) is 0 Å². The lowest BCUT2D eigenvalue weighted by atomic mass is 9.66. The highest BCUT2D eigenvalue weighted by Gasteiger charge is 2.55. The number of cyclic esters (lactones) is 1. The molecule has 0 saturated carbocycles. The number of aliphatic hydroxyl groups excluding tert-OH is 1. The first-order valence-electron chi connectivity index (χ1n) is 13.7. The van der Waals surface area contributed by atoms with Crippen LogP contribution in [0.15, 0.2) is 24.3 Å². The topological polar surface area (TPSA) is 141 Å². The molecule has 12 nitrogen and oxygen atoms in total. The molecule has 0 aromatic heterocycles. The van der Waals surface area contributed by atoms with Crippen molar-refractivity contribution in [2.75, 3.05) is 34.2 Å². The van der Waals surface area contributed by atoms with Gasteiger partial charge in [-0.1, -0.05) is 0 Å². The van der Waals surface area contributed by atoms with Crippen LogP contribution in [0, 0.1) is 11.8 Å². The number of carbonyl (C=O) groups is 1. The van der Waals surface area contributed by atoms with Crippen molar-refractivity contribution in [3.8, 4) is 28.7 Å². The van der Waals surface area contributed by atoms with E-state index in [0.29, 0.717) is 30.1 Å². The average molecular weight is 573 g/mol. The van der Waals surface area contributed by atoms with Crippen LogP contribution in [-0.4, -0.2) is 81.3 Å². The fourth-order valence-electron chi connectivity index (χ4n) is 6.70. The standard InChI is InChI=1S/C29H32O12/c1-12-35-10-23-20(39-12)8-17(30)29(40-23)41-27-15-7-19-18(37-11-38-19)6-14(15)24(25-16(27)9-36-28(25)32)13-4-21(33-2)26(31)22(5-13)34-3/h4-7,12,16-17,20,23-25,27,29-31H,8-11H2,1-3H3/t12?,16?,17?,20?,23?,24-,25+,27?,29?/m1/s1. The minimum Gasteiger partial charge on any atom is -0.502 e. The Labute approximate surface area is 235 Å². The lowest BCUT2D eigenvalue weighted by Gasteiger charge is -2.45. The Morgan fingerprint density at radius 3 is 2.32 bits per heavy atom. The van der Waals surface area contributed by atoms with Crippen molar-refractivity contribution in [1.29, 1.82) is 0 Å². The lowest BCUT2D eigenvalue weighted by molar-refractivity contribution is -0.340. The van der Waals surface area contributed by atoms with Gasteiger partial charge in [-0.25, -0.2) is 0 Å². The van der Waals surface area contributed by atoms with Crippen molar-refractivity contribution in [1.82, 2.24) is 0 Å². The smallest absolute Gasteiger partial charge is 0.310 e. The molecule has 12 heteroatoms. The first kappa shape index (κ1) is 26.6. The zero-order valence-electron chi connectivity index (χ0n) is 22.8. The molecule has 0 spiro atoms. The Bertz CT molecular complexity index is 1320. The van der Waals surface area contributed by atoms with Gasteiger partial charge >= 0.3 is 5.97 Å². The Kier molecular flexibility index (Phi) is 6.62. The minimum absolute atomic E-state index is 0.0656. The van der Waals surface area contributed by atoms with Gasteiger partial charge in [0.25, 0.3) is 0 Å². The predicted octanol–water partition coefficient (Wildman–Crippen LogP) is 2.37. The Morgan fingerprint density at radius 1 is 0.902 bits per heavy atom. The summed E-state index contributed by atoms with van der Waals surface area (Å²) in [7, 11) is 2.90. The molecule has 2 aromatic carbocycles. The van der Waals surface area contributed by atoms with Gasteiger partial charge in [0.05, 0.1) is 45.6 Å². The molecule has 2 N–H and O–H groups in total. The van der Waals surface area contributed by atoms with Crippen LogP contribution in [0.2, 0.25) is 0 Å². The van der Waals surface area contributed by atoms with Crippen LogP contribution in [0.25, 0.3) is 0 Å². The fraction of sp³-hybridized carbons (Fsp3) is 0.552. The van der Waals surface area contributed by atoms with Crippen LogP contribution in [-0.2, 0) is 28.5 Å². The van der Waals surface area contributed by atoms with Gasteiger partial charge < -0.3 is 52.8 Å². The number of methoxy groups -OCH3 is 2. The Hall–Kier alpha value is -3.29. The van der Waals surface area contributed by atoms with E-state index in [-0.39, 0.29) is 49.0 Å². The highest BCUT2D eigenvalue weighted by atomic mass is 16.7. The molecule has 2 aromatic rings. The van der Waals surface area contributed by atoms with E-state index in [1.165, 1.54) is 14.2 Å². The Balaban J connectivity index is 1.31. The number of ether oxygens (including phenoxy) is 9. The van der Waals surface area contributed by atoms with E-state index in [1.54, 1.807) is 19.1 Å². The van der Waals surface area contributed by atoms with Crippen molar-refractivity contribution in [2.24, 2.45) is 11.8 Å².